The third-order valence-electron chi connectivity index (χ3n) is 4.41. The average molecular weight is 238 g/mol. The Morgan fingerprint density at radius 3 is 2.41 bits per heavy atom. The van der Waals surface area contributed by atoms with Crippen molar-refractivity contribution < 1.29 is 4.79 Å². The molecular weight excluding hydrogens is 212 g/mol. The molecular formula is C14H26N2O. The van der Waals surface area contributed by atoms with Gasteiger partial charge < -0.3 is 10.6 Å². The molecule has 3 heteroatoms. The zero-order chi connectivity index (χ0) is 12.1. The van der Waals surface area contributed by atoms with Crippen molar-refractivity contribution in [3.05, 3.63) is 0 Å². The van der Waals surface area contributed by atoms with Crippen molar-refractivity contribution in [1.82, 2.24) is 10.6 Å². The number of urea groups is 1. The molecule has 17 heavy (non-hydrogen) atoms. The molecule has 0 aliphatic heterocycles. The Bertz CT molecular complexity index is 243. The molecule has 2 fully saturated rings. The van der Waals surface area contributed by atoms with Crippen molar-refractivity contribution in [3.8, 4) is 0 Å². The lowest BCUT2D eigenvalue weighted by Gasteiger charge is -2.27. The first-order chi connectivity index (χ1) is 8.24. The van der Waals surface area contributed by atoms with Crippen molar-refractivity contribution in [2.45, 2.75) is 64.3 Å². The van der Waals surface area contributed by atoms with Gasteiger partial charge in [-0.2, -0.15) is 0 Å². The van der Waals surface area contributed by atoms with Crippen LogP contribution in [0.15, 0.2) is 0 Å². The summed E-state index contributed by atoms with van der Waals surface area (Å²) in [5.41, 5.74) is 0. The van der Waals surface area contributed by atoms with Crippen LogP contribution in [0, 0.1) is 11.8 Å². The Labute approximate surface area is 105 Å². The summed E-state index contributed by atoms with van der Waals surface area (Å²) in [6.07, 6.45) is 10.2. The van der Waals surface area contributed by atoms with Gasteiger partial charge in [-0.3, -0.25) is 0 Å². The highest BCUT2D eigenvalue weighted by molar-refractivity contribution is 5.74. The normalized spacial score (nSPS) is 29.5. The first kappa shape index (κ1) is 12.7. The molecule has 2 saturated carbocycles. The van der Waals surface area contributed by atoms with Gasteiger partial charge in [-0.25, -0.2) is 4.79 Å². The number of rotatable bonds is 4. The Balaban J connectivity index is 1.51. The zero-order valence-electron chi connectivity index (χ0n) is 11.0. The van der Waals surface area contributed by atoms with E-state index in [1.165, 1.54) is 32.1 Å². The van der Waals surface area contributed by atoms with Gasteiger partial charge in [-0.1, -0.05) is 32.6 Å². The van der Waals surface area contributed by atoms with E-state index in [4.69, 9.17) is 0 Å². The fraction of sp³-hybridized carbons (Fsp3) is 0.929. The van der Waals surface area contributed by atoms with E-state index in [9.17, 15) is 4.79 Å². The minimum Gasteiger partial charge on any atom is -0.338 e. The number of carbonyl (C=O) groups is 1. The van der Waals surface area contributed by atoms with Crippen LogP contribution in [0.1, 0.15) is 58.3 Å². The van der Waals surface area contributed by atoms with Gasteiger partial charge >= 0.3 is 6.03 Å². The summed E-state index contributed by atoms with van der Waals surface area (Å²) in [5, 5.41) is 6.00. The lowest BCUT2D eigenvalue weighted by atomic mass is 9.81. The second-order valence-electron chi connectivity index (χ2n) is 5.94. The van der Waals surface area contributed by atoms with Crippen molar-refractivity contribution >= 4 is 6.03 Å². The third kappa shape index (κ3) is 4.21. The molecule has 98 valence electrons. The van der Waals surface area contributed by atoms with Crippen LogP contribution in [0.4, 0.5) is 4.79 Å². The summed E-state index contributed by atoms with van der Waals surface area (Å²) >= 11 is 0. The summed E-state index contributed by atoms with van der Waals surface area (Å²) in [5.74, 6) is 1.76. The summed E-state index contributed by atoms with van der Waals surface area (Å²) in [6.45, 7) is 3.19. The van der Waals surface area contributed by atoms with Crippen LogP contribution >= 0.6 is 0 Å². The highest BCUT2D eigenvalue weighted by Crippen LogP contribution is 2.29. The highest BCUT2D eigenvalue weighted by Gasteiger charge is 2.20. The molecule has 0 aromatic heterocycles. The van der Waals surface area contributed by atoms with Crippen molar-refractivity contribution in [2.75, 3.05) is 6.54 Å². The van der Waals surface area contributed by atoms with Crippen LogP contribution in [0.5, 0.6) is 0 Å². The Morgan fingerprint density at radius 1 is 1.12 bits per heavy atom. The van der Waals surface area contributed by atoms with Gasteiger partial charge in [-0.05, 0) is 37.5 Å². The quantitative estimate of drug-likeness (QED) is 0.776. The predicted molar refractivity (Wildman–Crippen MR) is 69.9 cm³/mol. The number of hydrogen-bond donors (Lipinski definition) is 2. The van der Waals surface area contributed by atoms with Crippen molar-refractivity contribution in [3.63, 3.8) is 0 Å². The van der Waals surface area contributed by atoms with Crippen LogP contribution in [0.2, 0.25) is 0 Å². The molecule has 0 unspecified atom stereocenters. The monoisotopic (exact) mass is 238 g/mol. The largest absolute Gasteiger partial charge is 0.338 e. The standard InChI is InChI=1S/C14H26N2O/c1-11-5-7-12(8-6-11)9-10-15-14(17)16-13-3-2-4-13/h11-13H,2-10H2,1H3,(H2,15,16,17). The third-order valence-corrected chi connectivity index (χ3v) is 4.41. The molecule has 0 aromatic rings. The van der Waals surface area contributed by atoms with E-state index in [1.807, 2.05) is 0 Å². The average Bonchev–Trinajstić information content (AvgIpc) is 2.26. The van der Waals surface area contributed by atoms with E-state index in [0.29, 0.717) is 6.04 Å². The van der Waals surface area contributed by atoms with E-state index >= 15 is 0 Å². The summed E-state index contributed by atoms with van der Waals surface area (Å²) in [6, 6.07) is 0.490. The molecule has 0 spiro atoms. The lowest BCUT2D eigenvalue weighted by molar-refractivity contribution is 0.225. The van der Waals surface area contributed by atoms with Gasteiger partial charge in [0.15, 0.2) is 0 Å². The lowest BCUT2D eigenvalue weighted by Crippen LogP contribution is -2.45. The summed E-state index contributed by atoms with van der Waals surface area (Å²) < 4.78 is 0. The minimum absolute atomic E-state index is 0.0406. The maximum absolute atomic E-state index is 11.5. The number of carbonyl (C=O) groups excluding carboxylic acids is 1. The molecule has 2 amide bonds. The fourth-order valence-electron chi connectivity index (χ4n) is 2.80. The topological polar surface area (TPSA) is 41.1 Å². The van der Waals surface area contributed by atoms with E-state index in [-0.39, 0.29) is 6.03 Å². The molecule has 2 aliphatic carbocycles. The van der Waals surface area contributed by atoms with Gasteiger partial charge in [0.25, 0.3) is 0 Å². The van der Waals surface area contributed by atoms with Crippen LogP contribution < -0.4 is 10.6 Å². The maximum atomic E-state index is 11.5. The van der Waals surface area contributed by atoms with Crippen LogP contribution in [0.25, 0.3) is 0 Å². The second kappa shape index (κ2) is 6.27. The molecule has 0 radical (unpaired) electrons. The van der Waals surface area contributed by atoms with Gasteiger partial charge in [0, 0.05) is 12.6 Å². The van der Waals surface area contributed by atoms with Gasteiger partial charge in [-0.15, -0.1) is 0 Å². The van der Waals surface area contributed by atoms with E-state index in [0.717, 1.165) is 37.6 Å². The molecule has 3 nitrogen and oxygen atoms in total. The minimum atomic E-state index is 0.0406. The SMILES string of the molecule is CC1CCC(CCNC(=O)NC2CCC2)CC1. The first-order valence-corrected chi connectivity index (χ1v) is 7.28. The van der Waals surface area contributed by atoms with E-state index in [1.54, 1.807) is 0 Å². The number of nitrogens with one attached hydrogen (secondary N) is 2. The number of hydrogen-bond acceptors (Lipinski definition) is 1. The van der Waals surface area contributed by atoms with Gasteiger partial charge in [0.2, 0.25) is 0 Å². The number of amides is 2. The summed E-state index contributed by atoms with van der Waals surface area (Å²) in [4.78, 5) is 11.5. The van der Waals surface area contributed by atoms with Crippen molar-refractivity contribution in [2.24, 2.45) is 11.8 Å². The molecule has 2 N–H and O–H groups in total. The van der Waals surface area contributed by atoms with Crippen LogP contribution in [-0.4, -0.2) is 18.6 Å². The maximum Gasteiger partial charge on any atom is 0.315 e. The van der Waals surface area contributed by atoms with Gasteiger partial charge in [0.1, 0.15) is 0 Å². The second-order valence-corrected chi connectivity index (χ2v) is 5.94. The molecule has 2 aliphatic rings. The highest BCUT2D eigenvalue weighted by atomic mass is 16.2. The molecule has 2 rings (SSSR count). The van der Waals surface area contributed by atoms with E-state index < -0.39 is 0 Å². The van der Waals surface area contributed by atoms with Crippen LogP contribution in [-0.2, 0) is 0 Å². The molecule has 0 atom stereocenters. The molecule has 0 bridgehead atoms. The predicted octanol–water partition coefficient (Wildman–Crippen LogP) is 3.05. The zero-order valence-corrected chi connectivity index (χ0v) is 11.0. The molecule has 0 aromatic carbocycles. The Hall–Kier alpha value is -0.730. The Kier molecular flexibility index (Phi) is 4.69. The smallest absolute Gasteiger partial charge is 0.315 e. The Morgan fingerprint density at radius 2 is 1.82 bits per heavy atom. The summed E-state index contributed by atoms with van der Waals surface area (Å²) in [7, 11) is 0. The molecule has 0 heterocycles. The van der Waals surface area contributed by atoms with E-state index in [2.05, 4.69) is 17.6 Å². The first-order valence-electron chi connectivity index (χ1n) is 7.28. The van der Waals surface area contributed by atoms with Crippen LogP contribution in [0.3, 0.4) is 0 Å². The van der Waals surface area contributed by atoms with Crippen molar-refractivity contribution in [1.29, 1.82) is 0 Å². The molecule has 0 saturated heterocycles. The van der Waals surface area contributed by atoms with Gasteiger partial charge in [0.05, 0.1) is 0 Å². The fourth-order valence-corrected chi connectivity index (χ4v) is 2.80.